The number of anilines is 2. The summed E-state index contributed by atoms with van der Waals surface area (Å²) in [7, 11) is 0. The van der Waals surface area contributed by atoms with Crippen molar-refractivity contribution in [2.75, 3.05) is 10.6 Å². The zero-order valence-corrected chi connectivity index (χ0v) is 17.0. The van der Waals surface area contributed by atoms with E-state index < -0.39 is 46.8 Å². The van der Waals surface area contributed by atoms with Crippen molar-refractivity contribution in [3.05, 3.63) is 71.4 Å². The molecule has 0 bridgehead atoms. The highest BCUT2D eigenvalue weighted by atomic mass is 19.4. The number of pyridine rings is 2. The van der Waals surface area contributed by atoms with Gasteiger partial charge < -0.3 is 10.6 Å². The molecule has 14 heteroatoms. The fourth-order valence-electron chi connectivity index (χ4n) is 3.74. The molecule has 1 aliphatic heterocycles. The first kappa shape index (κ1) is 22.3. The smallest absolute Gasteiger partial charge is 0.322 e. The largest absolute Gasteiger partial charge is 0.434 e. The van der Waals surface area contributed by atoms with Crippen molar-refractivity contribution in [2.24, 2.45) is 0 Å². The first-order valence-corrected chi connectivity index (χ1v) is 9.68. The average molecular weight is 492 g/mol. The Balaban J connectivity index is 1.61. The van der Waals surface area contributed by atoms with Crippen molar-refractivity contribution in [3.8, 4) is 5.69 Å². The number of benzene rings is 1. The van der Waals surface area contributed by atoms with Crippen LogP contribution in [-0.2, 0) is 12.4 Å². The van der Waals surface area contributed by atoms with E-state index in [2.05, 4.69) is 20.4 Å². The van der Waals surface area contributed by atoms with Crippen LogP contribution in [0.15, 0.2) is 48.9 Å². The van der Waals surface area contributed by atoms with Gasteiger partial charge in [-0.1, -0.05) is 0 Å². The van der Waals surface area contributed by atoms with Gasteiger partial charge in [0.2, 0.25) is 0 Å². The quantitative estimate of drug-likeness (QED) is 0.405. The molecule has 35 heavy (non-hydrogen) atoms. The summed E-state index contributed by atoms with van der Waals surface area (Å²) in [5.41, 5.74) is -3.70. The second-order valence-corrected chi connectivity index (χ2v) is 7.37. The molecule has 0 aliphatic carbocycles. The molecule has 0 spiro atoms. The van der Waals surface area contributed by atoms with Gasteiger partial charge in [0.15, 0.2) is 5.69 Å². The number of aromatic nitrogens is 4. The fraction of sp³-hybridized carbons (Fsp3) is 0.0952. The van der Waals surface area contributed by atoms with Crippen LogP contribution in [0.3, 0.4) is 0 Å². The normalized spacial score (nSPS) is 13.3. The Bertz CT molecular complexity index is 1530. The van der Waals surface area contributed by atoms with E-state index in [4.69, 9.17) is 0 Å². The molecule has 3 aromatic heterocycles. The summed E-state index contributed by atoms with van der Waals surface area (Å²) < 4.78 is 81.4. The van der Waals surface area contributed by atoms with Gasteiger partial charge in [-0.2, -0.15) is 31.4 Å². The lowest BCUT2D eigenvalue weighted by atomic mass is 10.1. The molecule has 0 radical (unpaired) electrons. The lowest BCUT2D eigenvalue weighted by Gasteiger charge is -2.14. The minimum absolute atomic E-state index is 0.0304. The van der Waals surface area contributed by atoms with Crippen molar-refractivity contribution < 1.29 is 35.9 Å². The monoisotopic (exact) mass is 492 g/mol. The molecule has 0 fully saturated rings. The Morgan fingerprint density at radius 2 is 1.71 bits per heavy atom. The van der Waals surface area contributed by atoms with Crippen molar-refractivity contribution >= 4 is 34.1 Å². The molecule has 178 valence electrons. The number of nitrogens with one attached hydrogen (secondary N) is 2. The van der Waals surface area contributed by atoms with Crippen molar-refractivity contribution in [3.63, 3.8) is 0 Å². The summed E-state index contributed by atoms with van der Waals surface area (Å²) in [4.78, 5) is 32.0. The SMILES string of the molecule is O=C(Nc1ccnc(C(F)(F)F)c1)c1cnn(-c2ccc3c4c(ccnc24)C(=O)N3)c1C(F)(F)F. The molecule has 4 heterocycles. The second kappa shape index (κ2) is 7.51. The number of rotatable bonds is 3. The number of alkyl halides is 6. The van der Waals surface area contributed by atoms with E-state index in [1.54, 1.807) is 0 Å². The first-order valence-electron chi connectivity index (χ1n) is 9.68. The maximum absolute atomic E-state index is 14.1. The summed E-state index contributed by atoms with van der Waals surface area (Å²) in [6.45, 7) is 0. The highest BCUT2D eigenvalue weighted by Gasteiger charge is 2.41. The third-order valence-electron chi connectivity index (χ3n) is 5.18. The van der Waals surface area contributed by atoms with Gasteiger partial charge in [-0.05, 0) is 30.3 Å². The van der Waals surface area contributed by atoms with E-state index in [0.717, 1.165) is 12.3 Å². The summed E-state index contributed by atoms with van der Waals surface area (Å²) >= 11 is 0. The van der Waals surface area contributed by atoms with Crippen LogP contribution in [-0.4, -0.2) is 31.6 Å². The molecule has 0 atom stereocenters. The van der Waals surface area contributed by atoms with Gasteiger partial charge in [-0.3, -0.25) is 19.6 Å². The van der Waals surface area contributed by atoms with Crippen LogP contribution in [0.4, 0.5) is 37.7 Å². The number of amides is 2. The lowest BCUT2D eigenvalue weighted by molar-refractivity contribution is -0.143. The van der Waals surface area contributed by atoms with Gasteiger partial charge in [-0.25, -0.2) is 4.68 Å². The molecule has 2 amide bonds. The number of hydrogen-bond acceptors (Lipinski definition) is 5. The highest BCUT2D eigenvalue weighted by Crippen LogP contribution is 2.39. The Labute approximate surface area is 190 Å². The van der Waals surface area contributed by atoms with E-state index in [9.17, 15) is 35.9 Å². The lowest BCUT2D eigenvalue weighted by Crippen LogP contribution is -2.21. The van der Waals surface area contributed by atoms with E-state index in [1.807, 2.05) is 5.32 Å². The minimum atomic E-state index is -5.09. The number of nitrogens with zero attached hydrogens (tertiary/aromatic N) is 4. The van der Waals surface area contributed by atoms with Gasteiger partial charge in [-0.15, -0.1) is 0 Å². The third kappa shape index (κ3) is 3.72. The van der Waals surface area contributed by atoms with Crippen molar-refractivity contribution in [1.29, 1.82) is 0 Å². The van der Waals surface area contributed by atoms with Crippen LogP contribution in [0.1, 0.15) is 32.1 Å². The van der Waals surface area contributed by atoms with Gasteiger partial charge in [0.25, 0.3) is 11.8 Å². The van der Waals surface area contributed by atoms with E-state index in [1.165, 1.54) is 24.4 Å². The standard InChI is InChI=1S/C21H10F6N6O2/c22-20(23,24)14-7-9(3-5-28-14)31-19(35)11-8-30-33(17(11)21(25,26)27)13-2-1-12-15-10(18(34)32-12)4-6-29-16(13)15/h1-8H,(H,32,34)(H,28,31,35). The van der Waals surface area contributed by atoms with E-state index in [0.29, 0.717) is 28.0 Å². The average Bonchev–Trinajstić information content (AvgIpc) is 3.37. The Morgan fingerprint density at radius 3 is 2.43 bits per heavy atom. The molecule has 0 saturated heterocycles. The second-order valence-electron chi connectivity index (χ2n) is 7.37. The summed E-state index contributed by atoms with van der Waals surface area (Å²) in [6, 6.07) is 5.54. The van der Waals surface area contributed by atoms with Crippen LogP contribution in [0, 0.1) is 0 Å². The summed E-state index contributed by atoms with van der Waals surface area (Å²) in [6.07, 6.45) is -7.24. The third-order valence-corrected chi connectivity index (χ3v) is 5.18. The van der Waals surface area contributed by atoms with Crippen molar-refractivity contribution in [2.45, 2.75) is 12.4 Å². The zero-order valence-electron chi connectivity index (χ0n) is 17.0. The van der Waals surface area contributed by atoms with Gasteiger partial charge >= 0.3 is 12.4 Å². The molecule has 0 saturated carbocycles. The summed E-state index contributed by atoms with van der Waals surface area (Å²) in [5.74, 6) is -1.78. The topological polar surface area (TPSA) is 102 Å². The molecule has 0 unspecified atom stereocenters. The van der Waals surface area contributed by atoms with Gasteiger partial charge in [0.05, 0.1) is 34.2 Å². The zero-order chi connectivity index (χ0) is 25.1. The predicted octanol–water partition coefficient (Wildman–Crippen LogP) is 4.67. The fourth-order valence-corrected chi connectivity index (χ4v) is 3.74. The Kier molecular flexibility index (Phi) is 4.79. The highest BCUT2D eigenvalue weighted by molar-refractivity contribution is 6.24. The number of hydrogen-bond donors (Lipinski definition) is 2. The molecule has 5 rings (SSSR count). The van der Waals surface area contributed by atoms with E-state index >= 15 is 0 Å². The van der Waals surface area contributed by atoms with Crippen LogP contribution >= 0.6 is 0 Å². The maximum Gasteiger partial charge on any atom is 0.434 e. The minimum Gasteiger partial charge on any atom is -0.322 e. The number of halogens is 6. The Morgan fingerprint density at radius 1 is 0.971 bits per heavy atom. The van der Waals surface area contributed by atoms with Crippen LogP contribution < -0.4 is 10.6 Å². The first-order chi connectivity index (χ1) is 16.4. The molecular weight excluding hydrogens is 482 g/mol. The molecular formula is C21H10F6N6O2. The molecule has 4 aromatic rings. The number of carbonyl (C=O) groups is 2. The van der Waals surface area contributed by atoms with Crippen LogP contribution in [0.2, 0.25) is 0 Å². The summed E-state index contributed by atoms with van der Waals surface area (Å²) in [5, 5.41) is 8.61. The van der Waals surface area contributed by atoms with Crippen LogP contribution in [0.5, 0.6) is 0 Å². The number of carbonyl (C=O) groups excluding carboxylic acids is 2. The molecule has 8 nitrogen and oxygen atoms in total. The van der Waals surface area contributed by atoms with Gasteiger partial charge in [0, 0.05) is 23.5 Å². The molecule has 1 aromatic carbocycles. The molecule has 2 N–H and O–H groups in total. The Hall–Kier alpha value is -4.49. The maximum atomic E-state index is 14.1. The van der Waals surface area contributed by atoms with E-state index in [-0.39, 0.29) is 16.8 Å². The van der Waals surface area contributed by atoms with Crippen LogP contribution in [0.25, 0.3) is 16.6 Å². The van der Waals surface area contributed by atoms with Crippen molar-refractivity contribution in [1.82, 2.24) is 19.7 Å². The predicted molar refractivity (Wildman–Crippen MR) is 109 cm³/mol. The van der Waals surface area contributed by atoms with Gasteiger partial charge in [0.1, 0.15) is 5.69 Å². The molecule has 1 aliphatic rings.